The lowest BCUT2D eigenvalue weighted by molar-refractivity contribution is -0.128. The Labute approximate surface area is 72.9 Å². The molecule has 0 spiro atoms. The van der Waals surface area contributed by atoms with E-state index in [4.69, 9.17) is 5.73 Å². The average molecular weight is 168 g/mol. The van der Waals surface area contributed by atoms with Crippen LogP contribution in [0.25, 0.3) is 0 Å². The largest absolute Gasteiger partial charge is 0.341 e. The van der Waals surface area contributed by atoms with Crippen molar-refractivity contribution in [3.8, 4) is 0 Å². The van der Waals surface area contributed by atoms with Crippen LogP contribution in [0.15, 0.2) is 0 Å². The Bertz CT molecular complexity index is 189. The fourth-order valence-electron chi connectivity index (χ4n) is 1.97. The number of likely N-dealkylation sites (tertiary alicyclic amines) is 1. The van der Waals surface area contributed by atoms with Gasteiger partial charge in [-0.2, -0.15) is 0 Å². The molecule has 3 heteroatoms. The Morgan fingerprint density at radius 3 is 2.67 bits per heavy atom. The van der Waals surface area contributed by atoms with Gasteiger partial charge in [0.15, 0.2) is 0 Å². The zero-order chi connectivity index (χ0) is 8.55. The molecule has 2 N–H and O–H groups in total. The first kappa shape index (κ1) is 8.05. The van der Waals surface area contributed by atoms with Gasteiger partial charge in [-0.05, 0) is 18.8 Å². The Kier molecular flexibility index (Phi) is 2.05. The van der Waals surface area contributed by atoms with Gasteiger partial charge >= 0.3 is 0 Å². The highest BCUT2D eigenvalue weighted by Crippen LogP contribution is 2.28. The lowest BCUT2D eigenvalue weighted by atomic mass is 9.85. The number of rotatable bonds is 2. The molecule has 1 heterocycles. The summed E-state index contributed by atoms with van der Waals surface area (Å²) in [7, 11) is 0. The van der Waals surface area contributed by atoms with Crippen molar-refractivity contribution in [3.05, 3.63) is 0 Å². The molecular weight excluding hydrogens is 152 g/mol. The number of hydrogen-bond donors (Lipinski definition) is 1. The number of hydrogen-bond acceptors (Lipinski definition) is 2. The minimum Gasteiger partial charge on any atom is -0.341 e. The van der Waals surface area contributed by atoms with Gasteiger partial charge in [-0.15, -0.1) is 0 Å². The molecule has 0 aromatic rings. The number of carbonyl (C=O) groups is 1. The Balaban J connectivity index is 1.83. The topological polar surface area (TPSA) is 46.3 Å². The maximum Gasteiger partial charge on any atom is 0.224 e. The van der Waals surface area contributed by atoms with Gasteiger partial charge in [0.25, 0.3) is 0 Å². The zero-order valence-electron chi connectivity index (χ0n) is 7.33. The molecular formula is C9H16N2O. The van der Waals surface area contributed by atoms with Crippen molar-refractivity contribution >= 4 is 5.91 Å². The highest BCUT2D eigenvalue weighted by atomic mass is 16.2. The van der Waals surface area contributed by atoms with Crippen LogP contribution in [0.1, 0.15) is 25.7 Å². The second kappa shape index (κ2) is 3.05. The molecule has 0 radical (unpaired) electrons. The first-order valence-corrected chi connectivity index (χ1v) is 4.79. The first-order chi connectivity index (χ1) is 5.75. The minimum absolute atomic E-state index is 0.0950. The van der Waals surface area contributed by atoms with Crippen LogP contribution in [-0.4, -0.2) is 29.9 Å². The molecule has 1 unspecified atom stereocenters. The van der Waals surface area contributed by atoms with E-state index < -0.39 is 0 Å². The van der Waals surface area contributed by atoms with E-state index in [0.717, 1.165) is 19.0 Å². The van der Waals surface area contributed by atoms with Crippen LogP contribution in [0.3, 0.4) is 0 Å². The second-order valence-corrected chi connectivity index (χ2v) is 4.06. The van der Waals surface area contributed by atoms with Crippen molar-refractivity contribution in [1.29, 1.82) is 0 Å². The summed E-state index contributed by atoms with van der Waals surface area (Å²) in [6.45, 7) is 1.75. The smallest absolute Gasteiger partial charge is 0.224 e. The van der Waals surface area contributed by atoms with E-state index in [2.05, 4.69) is 0 Å². The molecule has 68 valence electrons. The summed E-state index contributed by atoms with van der Waals surface area (Å²) in [6.07, 6.45) is 4.52. The molecule has 0 aromatic carbocycles. The Morgan fingerprint density at radius 1 is 1.50 bits per heavy atom. The van der Waals surface area contributed by atoms with E-state index in [1.165, 1.54) is 19.3 Å². The fourth-order valence-corrected chi connectivity index (χ4v) is 1.97. The number of nitrogens with zero attached hydrogens (tertiary/aromatic N) is 1. The van der Waals surface area contributed by atoms with Crippen LogP contribution in [0.5, 0.6) is 0 Å². The average Bonchev–Trinajstić information content (AvgIpc) is 2.21. The van der Waals surface area contributed by atoms with E-state index in [9.17, 15) is 4.79 Å². The summed E-state index contributed by atoms with van der Waals surface area (Å²) in [5, 5.41) is 0. The summed E-state index contributed by atoms with van der Waals surface area (Å²) < 4.78 is 0. The monoisotopic (exact) mass is 168 g/mol. The minimum atomic E-state index is 0.0950. The third kappa shape index (κ3) is 1.46. The highest BCUT2D eigenvalue weighted by Gasteiger charge is 2.30. The molecule has 1 aliphatic heterocycles. The van der Waals surface area contributed by atoms with E-state index in [-0.39, 0.29) is 11.9 Å². The molecule has 1 aliphatic carbocycles. The van der Waals surface area contributed by atoms with Crippen molar-refractivity contribution in [3.63, 3.8) is 0 Å². The summed E-state index contributed by atoms with van der Waals surface area (Å²) in [6, 6.07) is 0.0950. The van der Waals surface area contributed by atoms with Crippen LogP contribution in [0.4, 0.5) is 0 Å². The third-order valence-electron chi connectivity index (χ3n) is 2.95. The van der Waals surface area contributed by atoms with Crippen LogP contribution >= 0.6 is 0 Å². The molecule has 3 nitrogen and oxygen atoms in total. The van der Waals surface area contributed by atoms with Gasteiger partial charge in [-0.1, -0.05) is 6.42 Å². The lowest BCUT2D eigenvalue weighted by Gasteiger charge is -2.29. The molecule has 12 heavy (non-hydrogen) atoms. The summed E-state index contributed by atoms with van der Waals surface area (Å²) in [5.74, 6) is 1.04. The molecule has 2 rings (SSSR count). The molecule has 1 amide bonds. The van der Waals surface area contributed by atoms with Crippen LogP contribution < -0.4 is 5.73 Å². The fraction of sp³-hybridized carbons (Fsp3) is 0.889. The number of carbonyl (C=O) groups excluding carboxylic acids is 1. The molecule has 1 atom stereocenters. The first-order valence-electron chi connectivity index (χ1n) is 4.79. The molecule has 2 fully saturated rings. The van der Waals surface area contributed by atoms with Gasteiger partial charge in [0, 0.05) is 25.6 Å². The molecule has 2 aliphatic rings. The van der Waals surface area contributed by atoms with Gasteiger partial charge in [0.2, 0.25) is 5.91 Å². The molecule has 0 aromatic heterocycles. The normalized spacial score (nSPS) is 30.9. The van der Waals surface area contributed by atoms with Gasteiger partial charge in [0.1, 0.15) is 0 Å². The lowest BCUT2D eigenvalue weighted by Crippen LogP contribution is -2.35. The summed E-state index contributed by atoms with van der Waals surface area (Å²) >= 11 is 0. The SMILES string of the molecule is NC1CC(=O)N(CC2CCC2)C1. The van der Waals surface area contributed by atoms with Gasteiger partial charge < -0.3 is 10.6 Å². The Morgan fingerprint density at radius 2 is 2.25 bits per heavy atom. The van der Waals surface area contributed by atoms with E-state index in [1.54, 1.807) is 0 Å². The van der Waals surface area contributed by atoms with Crippen molar-refractivity contribution in [2.75, 3.05) is 13.1 Å². The van der Waals surface area contributed by atoms with E-state index in [0.29, 0.717) is 6.42 Å². The van der Waals surface area contributed by atoms with Crippen LogP contribution in [0.2, 0.25) is 0 Å². The van der Waals surface area contributed by atoms with Crippen molar-refractivity contribution in [2.24, 2.45) is 11.7 Å². The predicted octanol–water partition coefficient (Wildman–Crippen LogP) is 0.346. The van der Waals surface area contributed by atoms with E-state index in [1.807, 2.05) is 4.90 Å². The van der Waals surface area contributed by atoms with Gasteiger partial charge in [-0.25, -0.2) is 0 Å². The zero-order valence-corrected chi connectivity index (χ0v) is 7.33. The van der Waals surface area contributed by atoms with Crippen molar-refractivity contribution in [2.45, 2.75) is 31.7 Å². The summed E-state index contributed by atoms with van der Waals surface area (Å²) in [4.78, 5) is 13.2. The highest BCUT2D eigenvalue weighted by molar-refractivity contribution is 5.79. The van der Waals surface area contributed by atoms with Crippen LogP contribution in [-0.2, 0) is 4.79 Å². The predicted molar refractivity (Wildman–Crippen MR) is 46.5 cm³/mol. The third-order valence-corrected chi connectivity index (χ3v) is 2.95. The second-order valence-electron chi connectivity index (χ2n) is 4.06. The maximum absolute atomic E-state index is 11.3. The number of amides is 1. The van der Waals surface area contributed by atoms with Gasteiger partial charge in [0.05, 0.1) is 0 Å². The Hall–Kier alpha value is -0.570. The molecule has 1 saturated heterocycles. The molecule has 1 saturated carbocycles. The van der Waals surface area contributed by atoms with Crippen molar-refractivity contribution < 1.29 is 4.79 Å². The van der Waals surface area contributed by atoms with E-state index >= 15 is 0 Å². The standard InChI is InChI=1S/C9H16N2O/c10-8-4-9(12)11(6-8)5-7-2-1-3-7/h7-8H,1-6,10H2. The van der Waals surface area contributed by atoms with Crippen LogP contribution in [0, 0.1) is 5.92 Å². The van der Waals surface area contributed by atoms with Gasteiger partial charge in [-0.3, -0.25) is 4.79 Å². The maximum atomic E-state index is 11.3. The summed E-state index contributed by atoms with van der Waals surface area (Å²) in [5.41, 5.74) is 5.69. The molecule has 0 bridgehead atoms. The van der Waals surface area contributed by atoms with Crippen molar-refractivity contribution in [1.82, 2.24) is 4.90 Å². The quantitative estimate of drug-likeness (QED) is 0.646. The number of nitrogens with two attached hydrogens (primary N) is 1.